The first-order valence-corrected chi connectivity index (χ1v) is 18.8. The van der Waals surface area contributed by atoms with E-state index in [0.29, 0.717) is 50.2 Å². The van der Waals surface area contributed by atoms with Gasteiger partial charge in [0, 0.05) is 55.9 Å². The molecule has 2 aromatic carbocycles. The van der Waals surface area contributed by atoms with Gasteiger partial charge in [-0.25, -0.2) is 17.5 Å². The van der Waals surface area contributed by atoms with E-state index in [4.69, 9.17) is 21.1 Å². The number of ether oxygens (including phenoxy) is 2. The number of amides is 1. The van der Waals surface area contributed by atoms with Crippen molar-refractivity contribution in [3.05, 3.63) is 70.0 Å². The molecule has 6 rings (SSSR count). The van der Waals surface area contributed by atoms with Crippen LogP contribution in [-0.2, 0) is 27.8 Å². The quantitative estimate of drug-likeness (QED) is 0.462. The molecule has 4 atom stereocenters. The van der Waals surface area contributed by atoms with E-state index in [9.17, 15) is 13.2 Å². The number of carbonyl (C=O) groups is 1. The molecule has 1 amide bonds. The van der Waals surface area contributed by atoms with Crippen molar-refractivity contribution >= 4 is 33.2 Å². The molecule has 0 aliphatic carbocycles. The van der Waals surface area contributed by atoms with E-state index in [1.165, 1.54) is 0 Å². The second-order valence-corrected chi connectivity index (χ2v) is 15.9. The van der Waals surface area contributed by atoms with Crippen molar-refractivity contribution in [1.29, 1.82) is 0 Å². The molecule has 4 heterocycles. The zero-order chi connectivity index (χ0) is 33.1. The van der Waals surface area contributed by atoms with Crippen LogP contribution in [0.1, 0.15) is 61.0 Å². The number of allylic oxidation sites excluding steroid dienone is 1. The van der Waals surface area contributed by atoms with Crippen LogP contribution in [0.5, 0.6) is 5.75 Å². The largest absolute Gasteiger partial charge is 0.487 e. The highest BCUT2D eigenvalue weighted by Gasteiger charge is 2.39. The molecule has 2 aromatic rings. The summed E-state index contributed by atoms with van der Waals surface area (Å²) in [5.74, 6) is -0.721. The maximum atomic E-state index is 16.3. The first kappa shape index (κ1) is 34.2. The Kier molecular flexibility index (Phi) is 10.8. The van der Waals surface area contributed by atoms with Gasteiger partial charge in [-0.05, 0) is 86.4 Å². The van der Waals surface area contributed by atoms with Crippen LogP contribution < -0.4 is 14.4 Å². The van der Waals surface area contributed by atoms with Gasteiger partial charge in [0.2, 0.25) is 10.0 Å². The number of nitrogens with zero attached hydrogens (tertiary/aromatic N) is 3. The second-order valence-electron chi connectivity index (χ2n) is 13.4. The summed E-state index contributed by atoms with van der Waals surface area (Å²) in [4.78, 5) is 20.2. The Morgan fingerprint density at radius 2 is 1.83 bits per heavy atom. The summed E-state index contributed by atoms with van der Waals surface area (Å²) in [6, 6.07) is 10.6. The van der Waals surface area contributed by atoms with E-state index in [1.807, 2.05) is 18.2 Å². The molecule has 12 heteroatoms. The van der Waals surface area contributed by atoms with Crippen molar-refractivity contribution < 1.29 is 27.1 Å². The lowest BCUT2D eigenvalue weighted by atomic mass is 9.96. The number of sulfonamides is 1. The Morgan fingerprint density at radius 3 is 2.60 bits per heavy atom. The summed E-state index contributed by atoms with van der Waals surface area (Å²) < 4.78 is 57.3. The van der Waals surface area contributed by atoms with Crippen LogP contribution in [0.2, 0.25) is 5.02 Å². The average molecular weight is 689 g/mol. The van der Waals surface area contributed by atoms with E-state index in [-0.39, 0.29) is 23.9 Å². The van der Waals surface area contributed by atoms with Gasteiger partial charge in [0.15, 0.2) is 0 Å². The van der Waals surface area contributed by atoms with E-state index in [2.05, 4.69) is 19.4 Å². The molecule has 0 unspecified atom stereocenters. The standard InChI is InChI=1S/C35H46ClFN4O5S/c1-24-6-10-31(37)33(22-39-15-17-45-18-16-39)41-14-12-30(41)21-40-13-4-3-5-26-19-29(36)9-7-28(26)23-46-34-11-8-27(20-32(34)40)35(42)38-47(43,44)25(24)2/h7-11,19-20,24-25,30,33H,3-6,12-18,21-23H2,1-2H3,(H,38,42)/b31-10-/t24-,25+,30-,33-/m0/s1. The molecular formula is C35H46ClFN4O5S. The SMILES string of the molecule is C[C@@H]1[C@@H](C)C/C=C(\F)[C@H](CN2CCOCC2)N2CC[C@H]2CN2CCCCc3cc(Cl)ccc3COc3ccc(cc32)C(=O)NS1(=O)=O. The third kappa shape index (κ3) is 7.96. The summed E-state index contributed by atoms with van der Waals surface area (Å²) in [5, 5.41) is -0.219. The summed E-state index contributed by atoms with van der Waals surface area (Å²) in [6.45, 7) is 9.08. The summed E-state index contributed by atoms with van der Waals surface area (Å²) >= 11 is 6.34. The van der Waals surface area contributed by atoms with E-state index >= 15 is 4.39 Å². The Balaban J connectivity index is 1.38. The minimum Gasteiger partial charge on any atom is -0.487 e. The summed E-state index contributed by atoms with van der Waals surface area (Å²) in [7, 11) is -4.04. The highest BCUT2D eigenvalue weighted by atomic mass is 35.5. The fraction of sp³-hybridized carbons (Fsp3) is 0.571. The molecule has 9 nitrogen and oxygen atoms in total. The van der Waals surface area contributed by atoms with Gasteiger partial charge in [-0.1, -0.05) is 30.7 Å². The van der Waals surface area contributed by atoms with E-state index in [1.54, 1.807) is 38.1 Å². The van der Waals surface area contributed by atoms with E-state index < -0.39 is 33.1 Å². The Bertz CT molecular complexity index is 1580. The third-order valence-corrected chi connectivity index (χ3v) is 12.5. The van der Waals surface area contributed by atoms with Crippen molar-refractivity contribution in [2.24, 2.45) is 5.92 Å². The van der Waals surface area contributed by atoms with Crippen molar-refractivity contribution in [2.45, 2.75) is 69.9 Å². The second kappa shape index (κ2) is 14.8. The molecule has 4 aliphatic rings. The molecule has 256 valence electrons. The van der Waals surface area contributed by atoms with Gasteiger partial charge in [0.25, 0.3) is 5.91 Å². The van der Waals surface area contributed by atoms with E-state index in [0.717, 1.165) is 62.1 Å². The number of anilines is 1. The van der Waals surface area contributed by atoms with Crippen LogP contribution in [-0.4, -0.2) is 93.9 Å². The number of hydrogen-bond donors (Lipinski definition) is 1. The Labute approximate surface area is 283 Å². The van der Waals surface area contributed by atoms with Crippen LogP contribution in [0.3, 0.4) is 0 Å². The van der Waals surface area contributed by atoms with Crippen molar-refractivity contribution in [3.8, 4) is 5.75 Å². The van der Waals surface area contributed by atoms with Crippen LogP contribution in [0.15, 0.2) is 48.3 Å². The summed E-state index contributed by atoms with van der Waals surface area (Å²) in [5.41, 5.74) is 3.18. The topological polar surface area (TPSA) is 91.4 Å². The van der Waals surface area contributed by atoms with Crippen molar-refractivity contribution in [1.82, 2.24) is 14.5 Å². The van der Waals surface area contributed by atoms with Crippen LogP contribution in [0.25, 0.3) is 0 Å². The average Bonchev–Trinajstić information content (AvgIpc) is 3.07. The number of fused-ring (bicyclic) bond motifs is 3. The smallest absolute Gasteiger partial charge is 0.264 e. The molecule has 0 spiro atoms. The van der Waals surface area contributed by atoms with Gasteiger partial charge in [-0.15, -0.1) is 0 Å². The minimum atomic E-state index is -4.04. The molecule has 2 saturated heterocycles. The summed E-state index contributed by atoms with van der Waals surface area (Å²) in [6.07, 6.45) is 5.41. The first-order valence-electron chi connectivity index (χ1n) is 16.9. The lowest BCUT2D eigenvalue weighted by Gasteiger charge is -2.49. The van der Waals surface area contributed by atoms with Crippen LogP contribution in [0.4, 0.5) is 10.1 Å². The molecule has 2 bridgehead atoms. The number of nitrogens with one attached hydrogen (secondary N) is 1. The number of benzene rings is 2. The maximum Gasteiger partial charge on any atom is 0.264 e. The lowest BCUT2D eigenvalue weighted by molar-refractivity contribution is -0.00192. The zero-order valence-electron chi connectivity index (χ0n) is 27.3. The Hall–Kier alpha value is -2.70. The normalized spacial score (nSPS) is 29.1. The molecule has 0 radical (unpaired) electrons. The monoisotopic (exact) mass is 688 g/mol. The number of halogens is 2. The van der Waals surface area contributed by atoms with Crippen molar-refractivity contribution in [2.75, 3.05) is 57.4 Å². The van der Waals surface area contributed by atoms with Gasteiger partial charge < -0.3 is 14.4 Å². The van der Waals surface area contributed by atoms with Crippen LogP contribution in [0, 0.1) is 5.92 Å². The lowest BCUT2D eigenvalue weighted by Crippen LogP contribution is -2.60. The zero-order valence-corrected chi connectivity index (χ0v) is 28.9. The molecular weight excluding hydrogens is 643 g/mol. The van der Waals surface area contributed by atoms with Crippen LogP contribution >= 0.6 is 11.6 Å². The number of rotatable bonds is 2. The fourth-order valence-electron chi connectivity index (χ4n) is 6.99. The van der Waals surface area contributed by atoms with Crippen molar-refractivity contribution in [3.63, 3.8) is 0 Å². The Morgan fingerprint density at radius 1 is 1.02 bits per heavy atom. The van der Waals surface area contributed by atoms with Gasteiger partial charge in [0.05, 0.1) is 30.2 Å². The first-order chi connectivity index (χ1) is 22.6. The molecule has 0 saturated carbocycles. The third-order valence-electron chi connectivity index (χ3n) is 10.3. The highest BCUT2D eigenvalue weighted by Crippen LogP contribution is 2.36. The predicted molar refractivity (Wildman–Crippen MR) is 182 cm³/mol. The minimum absolute atomic E-state index is 0.0938. The predicted octanol–water partition coefficient (Wildman–Crippen LogP) is 5.18. The van der Waals surface area contributed by atoms with Gasteiger partial charge >= 0.3 is 0 Å². The molecule has 2 fully saturated rings. The van der Waals surface area contributed by atoms with Gasteiger partial charge in [-0.2, -0.15) is 0 Å². The number of carbonyl (C=O) groups excluding carboxylic acids is 1. The van der Waals surface area contributed by atoms with Gasteiger partial charge in [-0.3, -0.25) is 14.6 Å². The molecule has 1 N–H and O–H groups in total. The fourth-order valence-corrected chi connectivity index (χ4v) is 8.47. The highest BCUT2D eigenvalue weighted by molar-refractivity contribution is 7.90. The number of hydrogen-bond acceptors (Lipinski definition) is 8. The molecule has 4 aliphatic heterocycles. The molecule has 47 heavy (non-hydrogen) atoms. The number of morpholine rings is 1. The van der Waals surface area contributed by atoms with Gasteiger partial charge in [0.1, 0.15) is 18.2 Å². The molecule has 0 aromatic heterocycles. The maximum absolute atomic E-state index is 16.3. The number of aryl methyl sites for hydroxylation is 1.